The average Bonchev–Trinajstić information content (AvgIpc) is 2.46. The van der Waals surface area contributed by atoms with E-state index in [1.165, 1.54) is 5.56 Å². The standard InChI is InChI=1S/C15H17N3O/c1-12(19)14-3-4-15(17-11-14)18(2)10-7-13-5-8-16-9-6-13/h3-6,8-9,11H,7,10H2,1-2H3. The Kier molecular flexibility index (Phi) is 4.23. The lowest BCUT2D eigenvalue weighted by Gasteiger charge is -2.18. The largest absolute Gasteiger partial charge is 0.359 e. The van der Waals surface area contributed by atoms with E-state index in [1.54, 1.807) is 25.5 Å². The summed E-state index contributed by atoms with van der Waals surface area (Å²) in [6, 6.07) is 7.72. The van der Waals surface area contributed by atoms with Crippen LogP contribution in [0.2, 0.25) is 0 Å². The van der Waals surface area contributed by atoms with Crippen LogP contribution in [0.3, 0.4) is 0 Å². The van der Waals surface area contributed by atoms with E-state index >= 15 is 0 Å². The fourth-order valence-electron chi connectivity index (χ4n) is 1.78. The Morgan fingerprint density at radius 1 is 1.21 bits per heavy atom. The summed E-state index contributed by atoms with van der Waals surface area (Å²) in [6.07, 6.45) is 6.17. The molecule has 0 N–H and O–H groups in total. The first-order valence-corrected chi connectivity index (χ1v) is 6.24. The molecule has 0 aliphatic heterocycles. The zero-order valence-electron chi connectivity index (χ0n) is 11.2. The first-order valence-electron chi connectivity index (χ1n) is 6.24. The molecule has 0 aliphatic rings. The Balaban J connectivity index is 1.96. The summed E-state index contributed by atoms with van der Waals surface area (Å²) in [6.45, 7) is 2.42. The highest BCUT2D eigenvalue weighted by molar-refractivity contribution is 5.93. The van der Waals surface area contributed by atoms with Crippen LogP contribution in [0.15, 0.2) is 42.9 Å². The van der Waals surface area contributed by atoms with Crippen molar-refractivity contribution in [3.05, 3.63) is 54.0 Å². The SMILES string of the molecule is CC(=O)c1ccc(N(C)CCc2ccncc2)nc1. The Labute approximate surface area is 113 Å². The van der Waals surface area contributed by atoms with Gasteiger partial charge in [-0.15, -0.1) is 0 Å². The van der Waals surface area contributed by atoms with Gasteiger partial charge < -0.3 is 4.90 Å². The van der Waals surface area contributed by atoms with Gasteiger partial charge in [-0.3, -0.25) is 9.78 Å². The topological polar surface area (TPSA) is 46.1 Å². The summed E-state index contributed by atoms with van der Waals surface area (Å²) < 4.78 is 0. The van der Waals surface area contributed by atoms with E-state index in [2.05, 4.69) is 14.9 Å². The van der Waals surface area contributed by atoms with Gasteiger partial charge in [0.1, 0.15) is 5.82 Å². The van der Waals surface area contributed by atoms with Crippen LogP contribution in [0.25, 0.3) is 0 Å². The molecule has 4 heteroatoms. The van der Waals surface area contributed by atoms with E-state index in [1.807, 2.05) is 31.3 Å². The molecule has 0 spiro atoms. The van der Waals surface area contributed by atoms with Crippen molar-refractivity contribution in [2.45, 2.75) is 13.3 Å². The van der Waals surface area contributed by atoms with Gasteiger partial charge >= 0.3 is 0 Å². The number of nitrogens with zero attached hydrogens (tertiary/aromatic N) is 3. The predicted octanol–water partition coefficient (Wildman–Crippen LogP) is 2.36. The highest BCUT2D eigenvalue weighted by Crippen LogP contribution is 2.11. The summed E-state index contributed by atoms with van der Waals surface area (Å²) >= 11 is 0. The Morgan fingerprint density at radius 2 is 1.95 bits per heavy atom. The molecule has 0 saturated carbocycles. The molecule has 0 saturated heterocycles. The maximum absolute atomic E-state index is 11.2. The third-order valence-corrected chi connectivity index (χ3v) is 3.03. The van der Waals surface area contributed by atoms with E-state index in [0.717, 1.165) is 18.8 Å². The quantitative estimate of drug-likeness (QED) is 0.769. The van der Waals surface area contributed by atoms with Crippen molar-refractivity contribution in [2.75, 3.05) is 18.5 Å². The molecule has 2 aromatic heterocycles. The number of hydrogen-bond acceptors (Lipinski definition) is 4. The monoisotopic (exact) mass is 255 g/mol. The van der Waals surface area contributed by atoms with Gasteiger partial charge in [0.05, 0.1) is 0 Å². The van der Waals surface area contributed by atoms with Crippen LogP contribution in [-0.4, -0.2) is 29.3 Å². The average molecular weight is 255 g/mol. The number of anilines is 1. The van der Waals surface area contributed by atoms with Gasteiger partial charge in [-0.05, 0) is 43.2 Å². The lowest BCUT2D eigenvalue weighted by atomic mass is 10.2. The first-order chi connectivity index (χ1) is 9.16. The number of Topliss-reactive ketones (excluding diaryl/α,β-unsaturated/α-hetero) is 1. The molecule has 0 bridgehead atoms. The van der Waals surface area contributed by atoms with Gasteiger partial charge in [0.15, 0.2) is 5.78 Å². The molecule has 0 fully saturated rings. The molecule has 0 atom stereocenters. The van der Waals surface area contributed by atoms with Crippen molar-refractivity contribution in [1.29, 1.82) is 0 Å². The van der Waals surface area contributed by atoms with Crippen LogP contribution in [0.4, 0.5) is 5.82 Å². The van der Waals surface area contributed by atoms with E-state index in [9.17, 15) is 4.79 Å². The number of pyridine rings is 2. The van der Waals surface area contributed by atoms with Crippen LogP contribution in [0.5, 0.6) is 0 Å². The van der Waals surface area contributed by atoms with Crippen LogP contribution in [0.1, 0.15) is 22.8 Å². The number of carbonyl (C=O) groups is 1. The lowest BCUT2D eigenvalue weighted by molar-refractivity contribution is 0.101. The molecule has 0 amide bonds. The third kappa shape index (κ3) is 3.61. The molecule has 2 aromatic rings. The number of aromatic nitrogens is 2. The zero-order valence-corrected chi connectivity index (χ0v) is 11.2. The van der Waals surface area contributed by atoms with E-state index in [4.69, 9.17) is 0 Å². The third-order valence-electron chi connectivity index (χ3n) is 3.03. The molecule has 2 heterocycles. The van der Waals surface area contributed by atoms with Gasteiger partial charge in [-0.25, -0.2) is 4.98 Å². The van der Waals surface area contributed by atoms with Gasteiger partial charge in [0.2, 0.25) is 0 Å². The molecule has 0 unspecified atom stereocenters. The van der Waals surface area contributed by atoms with Crippen molar-refractivity contribution >= 4 is 11.6 Å². The summed E-state index contributed by atoms with van der Waals surface area (Å²) in [4.78, 5) is 21.6. The smallest absolute Gasteiger partial charge is 0.161 e. The van der Waals surface area contributed by atoms with E-state index in [-0.39, 0.29) is 5.78 Å². The number of hydrogen-bond donors (Lipinski definition) is 0. The molecule has 19 heavy (non-hydrogen) atoms. The van der Waals surface area contributed by atoms with Crippen molar-refractivity contribution in [1.82, 2.24) is 9.97 Å². The van der Waals surface area contributed by atoms with E-state index in [0.29, 0.717) is 5.56 Å². The number of carbonyl (C=O) groups excluding carboxylic acids is 1. The second kappa shape index (κ2) is 6.09. The number of ketones is 1. The maximum atomic E-state index is 11.2. The highest BCUT2D eigenvalue weighted by Gasteiger charge is 2.04. The van der Waals surface area contributed by atoms with Crippen LogP contribution >= 0.6 is 0 Å². The van der Waals surface area contributed by atoms with Crippen molar-refractivity contribution < 1.29 is 4.79 Å². The van der Waals surface area contributed by atoms with Gasteiger partial charge in [0, 0.05) is 37.7 Å². The first kappa shape index (κ1) is 13.2. The van der Waals surface area contributed by atoms with Crippen LogP contribution < -0.4 is 4.90 Å². The normalized spacial score (nSPS) is 10.2. The predicted molar refractivity (Wildman–Crippen MR) is 75.5 cm³/mol. The van der Waals surface area contributed by atoms with Crippen LogP contribution in [-0.2, 0) is 6.42 Å². The minimum absolute atomic E-state index is 0.0403. The Hall–Kier alpha value is -2.23. The number of likely N-dealkylation sites (N-methyl/N-ethyl adjacent to an activating group) is 1. The van der Waals surface area contributed by atoms with Gasteiger partial charge in [0.25, 0.3) is 0 Å². The molecule has 0 aromatic carbocycles. The highest BCUT2D eigenvalue weighted by atomic mass is 16.1. The zero-order chi connectivity index (χ0) is 13.7. The molecular weight excluding hydrogens is 238 g/mol. The summed E-state index contributed by atoms with van der Waals surface area (Å²) in [5, 5.41) is 0. The summed E-state index contributed by atoms with van der Waals surface area (Å²) in [7, 11) is 2.00. The molecular formula is C15H17N3O. The minimum atomic E-state index is 0.0403. The lowest BCUT2D eigenvalue weighted by Crippen LogP contribution is -2.21. The fourth-order valence-corrected chi connectivity index (χ4v) is 1.78. The molecule has 0 aliphatic carbocycles. The van der Waals surface area contributed by atoms with Gasteiger partial charge in [-0.1, -0.05) is 0 Å². The Morgan fingerprint density at radius 3 is 2.53 bits per heavy atom. The molecule has 0 radical (unpaired) electrons. The summed E-state index contributed by atoms with van der Waals surface area (Å²) in [5.41, 5.74) is 1.90. The molecule has 4 nitrogen and oxygen atoms in total. The van der Waals surface area contributed by atoms with Crippen molar-refractivity contribution in [3.8, 4) is 0 Å². The second-order valence-electron chi connectivity index (χ2n) is 4.49. The molecule has 98 valence electrons. The van der Waals surface area contributed by atoms with Crippen molar-refractivity contribution in [2.24, 2.45) is 0 Å². The summed E-state index contributed by atoms with van der Waals surface area (Å²) in [5.74, 6) is 0.914. The number of rotatable bonds is 5. The van der Waals surface area contributed by atoms with Crippen LogP contribution in [0, 0.1) is 0 Å². The minimum Gasteiger partial charge on any atom is -0.359 e. The molecule has 2 rings (SSSR count). The second-order valence-corrected chi connectivity index (χ2v) is 4.49. The van der Waals surface area contributed by atoms with Crippen molar-refractivity contribution in [3.63, 3.8) is 0 Å². The fraction of sp³-hybridized carbons (Fsp3) is 0.267. The maximum Gasteiger partial charge on any atom is 0.161 e. The van der Waals surface area contributed by atoms with E-state index < -0.39 is 0 Å². The Bertz CT molecular complexity index is 537. The van der Waals surface area contributed by atoms with Gasteiger partial charge in [-0.2, -0.15) is 0 Å².